The van der Waals surface area contributed by atoms with E-state index in [0.717, 1.165) is 16.8 Å². The normalized spacial score (nSPS) is 14.0. The van der Waals surface area contributed by atoms with Crippen molar-refractivity contribution >= 4 is 23.4 Å². The van der Waals surface area contributed by atoms with Gasteiger partial charge in [0.05, 0.1) is 11.1 Å². The molecular weight excluding hydrogens is 356 g/mol. The highest BCUT2D eigenvalue weighted by Gasteiger charge is 2.24. The van der Waals surface area contributed by atoms with Crippen molar-refractivity contribution in [3.05, 3.63) is 58.9 Å². The maximum absolute atomic E-state index is 12.8. The lowest BCUT2D eigenvalue weighted by molar-refractivity contribution is -0.130. The van der Waals surface area contributed by atoms with Crippen LogP contribution in [0.25, 0.3) is 0 Å². The summed E-state index contributed by atoms with van der Waals surface area (Å²) >= 11 is 0. The van der Waals surface area contributed by atoms with Gasteiger partial charge in [0, 0.05) is 51.2 Å². The van der Waals surface area contributed by atoms with E-state index in [9.17, 15) is 14.4 Å². The topological polar surface area (TPSA) is 82.6 Å². The minimum Gasteiger partial charge on any atom is -0.339 e. The zero-order valence-electron chi connectivity index (χ0n) is 16.4. The Morgan fingerprint density at radius 2 is 1.57 bits per heavy atom. The average molecular weight is 380 g/mol. The van der Waals surface area contributed by atoms with Crippen LogP contribution in [-0.2, 0) is 4.79 Å². The molecule has 1 saturated heterocycles. The largest absolute Gasteiger partial charge is 0.339 e. The van der Waals surface area contributed by atoms with Gasteiger partial charge in [-0.1, -0.05) is 17.7 Å². The van der Waals surface area contributed by atoms with E-state index >= 15 is 0 Å². The van der Waals surface area contributed by atoms with Gasteiger partial charge in [-0.25, -0.2) is 0 Å². The molecule has 7 heteroatoms. The number of hydrogen-bond donors (Lipinski definition) is 1. The van der Waals surface area contributed by atoms with E-state index in [4.69, 9.17) is 0 Å². The van der Waals surface area contributed by atoms with Crippen LogP contribution in [0.1, 0.15) is 38.8 Å². The van der Waals surface area contributed by atoms with Crippen molar-refractivity contribution < 1.29 is 14.4 Å². The number of rotatable bonds is 3. The minimum absolute atomic E-state index is 0.0128. The fourth-order valence-corrected chi connectivity index (χ4v) is 3.24. The highest BCUT2D eigenvalue weighted by Crippen LogP contribution is 2.17. The molecule has 146 valence electrons. The summed E-state index contributed by atoms with van der Waals surface area (Å²) in [4.78, 5) is 44.2. The molecule has 1 aromatic carbocycles. The number of aryl methyl sites for hydroxylation is 2. The smallest absolute Gasteiger partial charge is 0.257 e. The molecule has 0 spiro atoms. The van der Waals surface area contributed by atoms with Crippen LogP contribution in [0.4, 0.5) is 5.69 Å². The number of benzene rings is 1. The molecule has 1 aliphatic rings. The quantitative estimate of drug-likeness (QED) is 0.885. The first-order chi connectivity index (χ1) is 13.3. The first-order valence-corrected chi connectivity index (χ1v) is 9.23. The first kappa shape index (κ1) is 19.5. The molecule has 3 rings (SSSR count). The fourth-order valence-electron chi connectivity index (χ4n) is 3.24. The number of aromatic nitrogens is 1. The predicted octanol–water partition coefficient (Wildman–Crippen LogP) is 2.26. The van der Waals surface area contributed by atoms with Gasteiger partial charge in [-0.2, -0.15) is 0 Å². The number of nitrogens with zero attached hydrogens (tertiary/aromatic N) is 3. The van der Waals surface area contributed by atoms with E-state index in [-0.39, 0.29) is 17.7 Å². The van der Waals surface area contributed by atoms with Crippen LogP contribution in [0.5, 0.6) is 0 Å². The van der Waals surface area contributed by atoms with E-state index in [0.29, 0.717) is 37.3 Å². The number of hydrogen-bond acceptors (Lipinski definition) is 4. The molecule has 0 radical (unpaired) electrons. The second-order valence-electron chi connectivity index (χ2n) is 7.03. The van der Waals surface area contributed by atoms with Crippen LogP contribution < -0.4 is 5.32 Å². The summed E-state index contributed by atoms with van der Waals surface area (Å²) in [5, 5.41) is 2.87. The van der Waals surface area contributed by atoms with Gasteiger partial charge in [0.1, 0.15) is 0 Å². The predicted molar refractivity (Wildman–Crippen MR) is 106 cm³/mol. The van der Waals surface area contributed by atoms with E-state index in [2.05, 4.69) is 10.3 Å². The Morgan fingerprint density at radius 1 is 0.929 bits per heavy atom. The number of nitrogens with one attached hydrogen (secondary N) is 1. The lowest BCUT2D eigenvalue weighted by Gasteiger charge is -2.34. The zero-order chi connectivity index (χ0) is 20.3. The number of pyridine rings is 1. The van der Waals surface area contributed by atoms with E-state index < -0.39 is 0 Å². The molecule has 7 nitrogen and oxygen atoms in total. The molecule has 1 aromatic heterocycles. The molecule has 3 amide bonds. The summed E-state index contributed by atoms with van der Waals surface area (Å²) in [6.07, 6.45) is 2.91. The third-order valence-electron chi connectivity index (χ3n) is 4.89. The molecule has 1 fully saturated rings. The fraction of sp³-hybridized carbons (Fsp3) is 0.333. The maximum Gasteiger partial charge on any atom is 0.257 e. The van der Waals surface area contributed by atoms with Crippen molar-refractivity contribution in [2.24, 2.45) is 0 Å². The van der Waals surface area contributed by atoms with Crippen LogP contribution >= 0.6 is 0 Å². The van der Waals surface area contributed by atoms with E-state index in [1.807, 2.05) is 32.0 Å². The Balaban J connectivity index is 1.70. The van der Waals surface area contributed by atoms with Crippen LogP contribution in [0.2, 0.25) is 0 Å². The summed E-state index contributed by atoms with van der Waals surface area (Å²) in [5.74, 6) is -0.480. The third kappa shape index (κ3) is 4.36. The summed E-state index contributed by atoms with van der Waals surface area (Å²) < 4.78 is 0. The zero-order valence-corrected chi connectivity index (χ0v) is 16.4. The van der Waals surface area contributed by atoms with Crippen molar-refractivity contribution in [2.45, 2.75) is 20.8 Å². The molecule has 0 bridgehead atoms. The van der Waals surface area contributed by atoms with Gasteiger partial charge in [-0.05, 0) is 31.5 Å². The third-order valence-corrected chi connectivity index (χ3v) is 4.89. The van der Waals surface area contributed by atoms with Crippen LogP contribution in [0.3, 0.4) is 0 Å². The van der Waals surface area contributed by atoms with Gasteiger partial charge in [0.2, 0.25) is 5.91 Å². The molecule has 0 aliphatic carbocycles. The monoisotopic (exact) mass is 380 g/mol. The van der Waals surface area contributed by atoms with Crippen molar-refractivity contribution in [1.29, 1.82) is 0 Å². The Hall–Kier alpha value is -3.22. The Bertz CT molecular complexity index is 918. The summed E-state index contributed by atoms with van der Waals surface area (Å²) in [5.41, 5.74) is 3.51. The number of carbonyl (C=O) groups excluding carboxylic acids is 3. The average Bonchev–Trinajstić information content (AvgIpc) is 2.69. The number of amides is 3. The summed E-state index contributed by atoms with van der Waals surface area (Å²) in [6.45, 7) is 7.42. The van der Waals surface area contributed by atoms with Gasteiger partial charge in [0.15, 0.2) is 0 Å². The SMILES string of the molecule is CC(=O)N1CCN(C(=O)c2cncc(C(=O)Nc3ccc(C)cc3C)c2)CC1. The summed E-state index contributed by atoms with van der Waals surface area (Å²) in [6, 6.07) is 7.35. The molecule has 0 atom stereocenters. The van der Waals surface area contributed by atoms with Gasteiger partial charge >= 0.3 is 0 Å². The number of carbonyl (C=O) groups is 3. The van der Waals surface area contributed by atoms with Gasteiger partial charge in [0.25, 0.3) is 11.8 Å². The van der Waals surface area contributed by atoms with Crippen molar-refractivity contribution in [3.8, 4) is 0 Å². The van der Waals surface area contributed by atoms with Gasteiger partial charge in [-0.3, -0.25) is 19.4 Å². The highest BCUT2D eigenvalue weighted by molar-refractivity contribution is 6.06. The van der Waals surface area contributed by atoms with Gasteiger partial charge < -0.3 is 15.1 Å². The Morgan fingerprint density at radius 3 is 2.21 bits per heavy atom. The molecule has 1 N–H and O–H groups in total. The molecule has 2 heterocycles. The van der Waals surface area contributed by atoms with Crippen LogP contribution in [-0.4, -0.2) is 58.7 Å². The summed E-state index contributed by atoms with van der Waals surface area (Å²) in [7, 11) is 0. The number of piperazine rings is 1. The second-order valence-corrected chi connectivity index (χ2v) is 7.03. The maximum atomic E-state index is 12.8. The molecule has 28 heavy (non-hydrogen) atoms. The van der Waals surface area contributed by atoms with Crippen molar-refractivity contribution in [3.63, 3.8) is 0 Å². The minimum atomic E-state index is -0.310. The highest BCUT2D eigenvalue weighted by atomic mass is 16.2. The Kier molecular flexibility index (Phi) is 5.73. The van der Waals surface area contributed by atoms with Crippen molar-refractivity contribution in [1.82, 2.24) is 14.8 Å². The second kappa shape index (κ2) is 8.21. The Labute approximate surface area is 164 Å². The van der Waals surface area contributed by atoms with Crippen LogP contribution in [0.15, 0.2) is 36.7 Å². The molecule has 0 saturated carbocycles. The van der Waals surface area contributed by atoms with Crippen LogP contribution in [0, 0.1) is 13.8 Å². The molecular formula is C21H24N4O3. The first-order valence-electron chi connectivity index (χ1n) is 9.23. The molecule has 2 aromatic rings. The van der Waals surface area contributed by atoms with Crippen molar-refractivity contribution in [2.75, 3.05) is 31.5 Å². The standard InChI is InChI=1S/C21H24N4O3/c1-14-4-5-19(15(2)10-14)23-20(27)17-11-18(13-22-12-17)21(28)25-8-6-24(7-9-25)16(3)26/h4-5,10-13H,6-9H2,1-3H3,(H,23,27). The van der Waals surface area contributed by atoms with E-state index in [1.54, 1.807) is 15.9 Å². The lowest BCUT2D eigenvalue weighted by atomic mass is 10.1. The van der Waals surface area contributed by atoms with Gasteiger partial charge in [-0.15, -0.1) is 0 Å². The van der Waals surface area contributed by atoms with E-state index in [1.165, 1.54) is 19.3 Å². The number of anilines is 1. The molecule has 1 aliphatic heterocycles. The lowest BCUT2D eigenvalue weighted by Crippen LogP contribution is -2.50. The molecule has 0 unspecified atom stereocenters.